The molecule has 2 aromatic rings. The summed E-state index contributed by atoms with van der Waals surface area (Å²) < 4.78 is 0. The van der Waals surface area contributed by atoms with Gasteiger partial charge in [0.2, 0.25) is 0 Å². The monoisotopic (exact) mass is 444 g/mol. The first-order valence-electron chi connectivity index (χ1n) is 12.5. The Kier molecular flexibility index (Phi) is 7.32. The molecule has 4 rings (SSSR count). The minimum Gasteiger partial charge on any atom is -0.362 e. The molecule has 4 nitrogen and oxygen atoms in total. The van der Waals surface area contributed by atoms with Crippen LogP contribution in [0.2, 0.25) is 0 Å². The van der Waals surface area contributed by atoms with Crippen molar-refractivity contribution in [3.05, 3.63) is 76.5 Å². The summed E-state index contributed by atoms with van der Waals surface area (Å²) in [5.74, 6) is -0.230. The Morgan fingerprint density at radius 3 is 2.15 bits per heavy atom. The molecule has 0 unspecified atom stereocenters. The highest BCUT2D eigenvalue weighted by atomic mass is 16.2. The van der Waals surface area contributed by atoms with Crippen LogP contribution in [0.3, 0.4) is 0 Å². The van der Waals surface area contributed by atoms with Crippen LogP contribution >= 0.6 is 0 Å². The fraction of sp³-hybridized carbons (Fsp3) is 0.448. The van der Waals surface area contributed by atoms with Crippen molar-refractivity contribution in [2.75, 3.05) is 6.54 Å². The molecule has 1 saturated carbocycles. The molecular weight excluding hydrogens is 408 g/mol. The van der Waals surface area contributed by atoms with Crippen LogP contribution in [0.5, 0.6) is 0 Å². The lowest BCUT2D eigenvalue weighted by molar-refractivity contribution is -0.140. The third-order valence-corrected chi connectivity index (χ3v) is 7.24. The van der Waals surface area contributed by atoms with Gasteiger partial charge in [0.25, 0.3) is 11.8 Å². The van der Waals surface area contributed by atoms with Gasteiger partial charge >= 0.3 is 0 Å². The highest BCUT2D eigenvalue weighted by Gasteiger charge is 2.44. The number of imide groups is 1. The molecule has 2 amide bonds. The number of amides is 2. The third-order valence-electron chi connectivity index (χ3n) is 7.24. The van der Waals surface area contributed by atoms with Crippen LogP contribution < -0.4 is 0 Å². The summed E-state index contributed by atoms with van der Waals surface area (Å²) >= 11 is 0. The summed E-state index contributed by atoms with van der Waals surface area (Å²) in [5, 5.41) is 0. The second-order valence-corrected chi connectivity index (χ2v) is 9.50. The van der Waals surface area contributed by atoms with E-state index in [9.17, 15) is 9.59 Å². The van der Waals surface area contributed by atoms with E-state index in [4.69, 9.17) is 0 Å². The van der Waals surface area contributed by atoms with Crippen LogP contribution in [-0.4, -0.2) is 34.2 Å². The number of hydrogen-bond donors (Lipinski definition) is 0. The number of nitrogens with zero attached hydrogens (tertiary/aromatic N) is 2. The van der Waals surface area contributed by atoms with Gasteiger partial charge in [0, 0.05) is 19.1 Å². The first-order chi connectivity index (χ1) is 16.0. The first kappa shape index (κ1) is 23.3. The Labute approximate surface area is 198 Å². The van der Waals surface area contributed by atoms with Crippen LogP contribution in [0.15, 0.2) is 54.2 Å². The molecule has 33 heavy (non-hydrogen) atoms. The van der Waals surface area contributed by atoms with Gasteiger partial charge in [-0.3, -0.25) is 14.5 Å². The smallest absolute Gasteiger partial charge is 0.278 e. The van der Waals surface area contributed by atoms with E-state index in [0.717, 1.165) is 42.4 Å². The largest absolute Gasteiger partial charge is 0.362 e. The quantitative estimate of drug-likeness (QED) is 0.512. The van der Waals surface area contributed by atoms with Crippen molar-refractivity contribution in [1.82, 2.24) is 9.80 Å². The molecule has 1 aliphatic heterocycles. The summed E-state index contributed by atoms with van der Waals surface area (Å²) in [7, 11) is 0. The van der Waals surface area contributed by atoms with E-state index in [-0.39, 0.29) is 17.9 Å². The first-order valence-corrected chi connectivity index (χ1v) is 12.5. The lowest BCUT2D eigenvalue weighted by atomic mass is 9.95. The van der Waals surface area contributed by atoms with Gasteiger partial charge in [0.15, 0.2) is 0 Å². The number of carbonyl (C=O) groups is 2. The van der Waals surface area contributed by atoms with Gasteiger partial charge < -0.3 is 4.90 Å². The van der Waals surface area contributed by atoms with E-state index < -0.39 is 0 Å². The lowest BCUT2D eigenvalue weighted by Crippen LogP contribution is -2.43. The van der Waals surface area contributed by atoms with Gasteiger partial charge in [-0.2, -0.15) is 0 Å². The maximum atomic E-state index is 13.9. The Morgan fingerprint density at radius 2 is 1.52 bits per heavy atom. The number of likely N-dealkylation sites (N-methyl/N-ethyl adjacent to an activating group) is 1. The van der Waals surface area contributed by atoms with Crippen molar-refractivity contribution in [2.24, 2.45) is 0 Å². The summed E-state index contributed by atoms with van der Waals surface area (Å²) in [6.07, 6.45) is 7.62. The minimum absolute atomic E-state index is 0.000207. The van der Waals surface area contributed by atoms with Crippen molar-refractivity contribution in [3.63, 3.8) is 0 Å². The predicted octanol–water partition coefficient (Wildman–Crippen LogP) is 6.02. The topological polar surface area (TPSA) is 40.6 Å². The molecule has 0 spiro atoms. The van der Waals surface area contributed by atoms with E-state index in [1.165, 1.54) is 24.8 Å². The maximum Gasteiger partial charge on any atom is 0.278 e. The molecule has 0 radical (unpaired) electrons. The van der Waals surface area contributed by atoms with Crippen LogP contribution in [0.4, 0.5) is 0 Å². The zero-order valence-electron chi connectivity index (χ0n) is 20.3. The van der Waals surface area contributed by atoms with Crippen molar-refractivity contribution in [3.8, 4) is 0 Å². The van der Waals surface area contributed by atoms with Gasteiger partial charge in [-0.15, -0.1) is 0 Å². The Morgan fingerprint density at radius 1 is 0.848 bits per heavy atom. The second kappa shape index (κ2) is 10.4. The van der Waals surface area contributed by atoms with E-state index in [0.29, 0.717) is 24.4 Å². The Bertz CT molecular complexity index is 1030. The van der Waals surface area contributed by atoms with Gasteiger partial charge in [-0.05, 0) is 55.9 Å². The predicted molar refractivity (Wildman–Crippen MR) is 133 cm³/mol. The van der Waals surface area contributed by atoms with Crippen LogP contribution in [-0.2, 0) is 16.1 Å². The molecule has 0 aromatic heterocycles. The van der Waals surface area contributed by atoms with Crippen LogP contribution in [0.25, 0.3) is 5.57 Å². The SMILES string of the molecule is CCN(Cc1ccccc1)C1=C(c2ccc(C)c(C)c2)C(=O)N(C2CCCCCCC2)C1=O. The van der Waals surface area contributed by atoms with Crippen molar-refractivity contribution in [1.29, 1.82) is 0 Å². The lowest BCUT2D eigenvalue weighted by Gasteiger charge is -2.30. The summed E-state index contributed by atoms with van der Waals surface area (Å²) in [4.78, 5) is 31.6. The fourth-order valence-electron chi connectivity index (χ4n) is 5.16. The Hall–Kier alpha value is -2.88. The average Bonchev–Trinajstić information content (AvgIpc) is 3.05. The Balaban J connectivity index is 1.77. The standard InChI is InChI=1S/C29H36N2O2/c1-4-30(20-23-13-9-8-10-14-23)27-26(24-18-17-21(2)22(3)19-24)28(32)31(29(27)33)25-15-11-6-5-7-12-16-25/h8-10,13-14,17-19,25H,4-7,11-12,15-16,20H2,1-3H3. The van der Waals surface area contributed by atoms with E-state index >= 15 is 0 Å². The van der Waals surface area contributed by atoms with Gasteiger partial charge in [-0.25, -0.2) is 0 Å². The number of rotatable bonds is 6. The molecule has 4 heteroatoms. The molecule has 2 aliphatic rings. The van der Waals surface area contributed by atoms with Crippen LogP contribution in [0, 0.1) is 13.8 Å². The number of benzene rings is 2. The van der Waals surface area contributed by atoms with Gasteiger partial charge in [0.1, 0.15) is 5.70 Å². The zero-order chi connectivity index (χ0) is 23.4. The third kappa shape index (κ3) is 4.90. The number of carbonyl (C=O) groups excluding carboxylic acids is 2. The second-order valence-electron chi connectivity index (χ2n) is 9.50. The molecule has 0 N–H and O–H groups in total. The number of hydrogen-bond acceptors (Lipinski definition) is 3. The number of aryl methyl sites for hydroxylation is 2. The molecule has 0 saturated heterocycles. The van der Waals surface area contributed by atoms with Gasteiger partial charge in [0.05, 0.1) is 5.57 Å². The molecule has 1 heterocycles. The normalized spacial score (nSPS) is 18.0. The molecule has 174 valence electrons. The molecule has 0 bridgehead atoms. The molecule has 0 atom stereocenters. The molecule has 1 fully saturated rings. The van der Waals surface area contributed by atoms with Crippen molar-refractivity contribution >= 4 is 17.4 Å². The van der Waals surface area contributed by atoms with Crippen molar-refractivity contribution in [2.45, 2.75) is 78.3 Å². The summed E-state index contributed by atoms with van der Waals surface area (Å²) in [6.45, 7) is 7.47. The van der Waals surface area contributed by atoms with E-state index in [1.807, 2.05) is 24.3 Å². The summed E-state index contributed by atoms with van der Waals surface area (Å²) in [6, 6.07) is 16.3. The molecular formula is C29H36N2O2. The van der Waals surface area contributed by atoms with Gasteiger partial charge in [-0.1, -0.05) is 80.6 Å². The van der Waals surface area contributed by atoms with Crippen LogP contribution in [0.1, 0.15) is 74.1 Å². The molecule has 1 aliphatic carbocycles. The minimum atomic E-state index is -0.115. The van der Waals surface area contributed by atoms with Crippen molar-refractivity contribution < 1.29 is 9.59 Å². The zero-order valence-corrected chi connectivity index (χ0v) is 20.3. The molecule has 2 aromatic carbocycles. The highest BCUT2D eigenvalue weighted by molar-refractivity contribution is 6.35. The average molecular weight is 445 g/mol. The summed E-state index contributed by atoms with van der Waals surface area (Å²) in [5.41, 5.74) is 5.45. The highest BCUT2D eigenvalue weighted by Crippen LogP contribution is 2.36. The fourth-order valence-corrected chi connectivity index (χ4v) is 5.16. The van der Waals surface area contributed by atoms with E-state index in [2.05, 4.69) is 49.9 Å². The maximum absolute atomic E-state index is 13.9. The van der Waals surface area contributed by atoms with E-state index in [1.54, 1.807) is 4.90 Å².